The van der Waals surface area contributed by atoms with Crippen molar-refractivity contribution in [1.29, 1.82) is 0 Å². The SMILES string of the molecule is CC(=O)Nc1cc(Cl)ccc1C(=O)N[C@@H](C)CC(=O)O. The van der Waals surface area contributed by atoms with Gasteiger partial charge in [-0.2, -0.15) is 0 Å². The zero-order valence-electron chi connectivity index (χ0n) is 11.1. The van der Waals surface area contributed by atoms with E-state index in [4.69, 9.17) is 16.7 Å². The van der Waals surface area contributed by atoms with Crippen molar-refractivity contribution in [3.63, 3.8) is 0 Å². The van der Waals surface area contributed by atoms with Crippen LogP contribution in [0.1, 0.15) is 30.6 Å². The Hall–Kier alpha value is -2.08. The van der Waals surface area contributed by atoms with Crippen LogP contribution >= 0.6 is 11.6 Å². The van der Waals surface area contributed by atoms with Crippen LogP contribution in [0.25, 0.3) is 0 Å². The minimum atomic E-state index is -1.00. The first-order valence-electron chi connectivity index (χ1n) is 5.89. The molecule has 0 aliphatic carbocycles. The van der Waals surface area contributed by atoms with Crippen molar-refractivity contribution in [2.24, 2.45) is 0 Å². The van der Waals surface area contributed by atoms with Gasteiger partial charge in [0.25, 0.3) is 5.91 Å². The van der Waals surface area contributed by atoms with Crippen molar-refractivity contribution in [2.75, 3.05) is 5.32 Å². The summed E-state index contributed by atoms with van der Waals surface area (Å²) in [5.41, 5.74) is 0.506. The lowest BCUT2D eigenvalue weighted by molar-refractivity contribution is -0.137. The van der Waals surface area contributed by atoms with E-state index in [9.17, 15) is 14.4 Å². The number of carbonyl (C=O) groups is 3. The van der Waals surface area contributed by atoms with Crippen molar-refractivity contribution < 1.29 is 19.5 Å². The Kier molecular flexibility index (Phi) is 5.52. The second-order valence-electron chi connectivity index (χ2n) is 4.34. The van der Waals surface area contributed by atoms with E-state index in [1.165, 1.54) is 25.1 Å². The number of aliphatic carboxylic acids is 1. The summed E-state index contributed by atoms with van der Waals surface area (Å²) >= 11 is 5.82. The highest BCUT2D eigenvalue weighted by Crippen LogP contribution is 2.21. The standard InChI is InChI=1S/C13H15ClN2O4/c1-7(5-12(18)19)15-13(20)10-4-3-9(14)6-11(10)16-8(2)17/h3-4,6-7H,5H2,1-2H3,(H,15,20)(H,16,17)(H,18,19)/t7-/m0/s1. The molecule has 6 nitrogen and oxygen atoms in total. The van der Waals surface area contributed by atoms with Gasteiger partial charge in [-0.05, 0) is 25.1 Å². The van der Waals surface area contributed by atoms with Gasteiger partial charge in [0.05, 0.1) is 17.7 Å². The molecule has 1 aromatic rings. The molecule has 0 fully saturated rings. The maximum absolute atomic E-state index is 12.1. The molecule has 0 bridgehead atoms. The van der Waals surface area contributed by atoms with Crippen LogP contribution in [-0.2, 0) is 9.59 Å². The molecule has 7 heteroatoms. The molecule has 0 saturated carbocycles. The number of carbonyl (C=O) groups excluding carboxylic acids is 2. The Labute approximate surface area is 121 Å². The molecule has 3 N–H and O–H groups in total. The van der Waals surface area contributed by atoms with E-state index < -0.39 is 17.9 Å². The Morgan fingerprint density at radius 3 is 2.55 bits per heavy atom. The van der Waals surface area contributed by atoms with Crippen LogP contribution in [0.3, 0.4) is 0 Å². The Balaban J connectivity index is 2.91. The van der Waals surface area contributed by atoms with Crippen LogP contribution in [0.4, 0.5) is 5.69 Å². The topological polar surface area (TPSA) is 95.5 Å². The molecule has 2 amide bonds. The molecule has 1 atom stereocenters. The van der Waals surface area contributed by atoms with Gasteiger partial charge in [0.1, 0.15) is 0 Å². The maximum Gasteiger partial charge on any atom is 0.305 e. The molecule has 0 spiro atoms. The molecule has 0 aliphatic heterocycles. The number of carboxylic acid groups (broad SMARTS) is 1. The molecule has 0 aromatic heterocycles. The predicted molar refractivity (Wildman–Crippen MR) is 74.9 cm³/mol. The molecule has 0 heterocycles. The minimum Gasteiger partial charge on any atom is -0.481 e. The molecular formula is C13H15ClN2O4. The molecule has 0 unspecified atom stereocenters. The number of hydrogen-bond acceptors (Lipinski definition) is 3. The van der Waals surface area contributed by atoms with Crippen LogP contribution in [0.5, 0.6) is 0 Å². The summed E-state index contributed by atoms with van der Waals surface area (Å²) in [6, 6.07) is 3.92. The molecule has 108 valence electrons. The molecule has 0 saturated heterocycles. The van der Waals surface area contributed by atoms with Gasteiger partial charge >= 0.3 is 5.97 Å². The Morgan fingerprint density at radius 2 is 2.00 bits per heavy atom. The minimum absolute atomic E-state index is 0.186. The van der Waals surface area contributed by atoms with Crippen molar-refractivity contribution >= 4 is 35.1 Å². The molecule has 1 aromatic carbocycles. The number of benzene rings is 1. The zero-order chi connectivity index (χ0) is 15.3. The number of amides is 2. The van der Waals surface area contributed by atoms with Crippen molar-refractivity contribution in [3.8, 4) is 0 Å². The zero-order valence-corrected chi connectivity index (χ0v) is 11.8. The first kappa shape index (κ1) is 16.0. The summed E-state index contributed by atoms with van der Waals surface area (Å²) < 4.78 is 0. The number of anilines is 1. The summed E-state index contributed by atoms with van der Waals surface area (Å²) in [6.45, 7) is 2.90. The monoisotopic (exact) mass is 298 g/mol. The third kappa shape index (κ3) is 4.89. The fourth-order valence-electron chi connectivity index (χ4n) is 1.62. The lowest BCUT2D eigenvalue weighted by Crippen LogP contribution is -2.34. The molecule has 0 radical (unpaired) electrons. The summed E-state index contributed by atoms with van der Waals surface area (Å²) in [5.74, 6) is -1.81. The van der Waals surface area contributed by atoms with Gasteiger partial charge in [0.15, 0.2) is 0 Å². The number of nitrogens with one attached hydrogen (secondary N) is 2. The fraction of sp³-hybridized carbons (Fsp3) is 0.308. The third-order valence-electron chi connectivity index (χ3n) is 2.40. The highest BCUT2D eigenvalue weighted by Gasteiger charge is 2.16. The van der Waals surface area contributed by atoms with Crippen LogP contribution in [0, 0.1) is 0 Å². The van der Waals surface area contributed by atoms with Crippen LogP contribution in [-0.4, -0.2) is 28.9 Å². The van der Waals surface area contributed by atoms with Crippen LogP contribution in [0.15, 0.2) is 18.2 Å². The van der Waals surface area contributed by atoms with E-state index >= 15 is 0 Å². The summed E-state index contributed by atoms with van der Waals surface area (Å²) in [7, 11) is 0. The van der Waals surface area contributed by atoms with Gasteiger partial charge in [0, 0.05) is 18.0 Å². The van der Waals surface area contributed by atoms with Crippen molar-refractivity contribution in [2.45, 2.75) is 26.3 Å². The molecule has 0 aliphatic rings. The van der Waals surface area contributed by atoms with E-state index in [2.05, 4.69) is 10.6 Å². The van der Waals surface area contributed by atoms with E-state index in [0.29, 0.717) is 5.02 Å². The lowest BCUT2D eigenvalue weighted by Gasteiger charge is -2.14. The Bertz CT molecular complexity index is 545. The normalized spacial score (nSPS) is 11.6. The number of rotatable bonds is 5. The predicted octanol–water partition coefficient (Wildman–Crippen LogP) is 1.89. The first-order valence-corrected chi connectivity index (χ1v) is 6.27. The van der Waals surface area contributed by atoms with Gasteiger partial charge in [0.2, 0.25) is 5.91 Å². The number of halogens is 1. The van der Waals surface area contributed by atoms with Gasteiger partial charge < -0.3 is 15.7 Å². The highest BCUT2D eigenvalue weighted by molar-refractivity contribution is 6.31. The van der Waals surface area contributed by atoms with Crippen LogP contribution in [0.2, 0.25) is 5.02 Å². The molecular weight excluding hydrogens is 284 g/mol. The van der Waals surface area contributed by atoms with Gasteiger partial charge in [-0.1, -0.05) is 11.6 Å². The second-order valence-corrected chi connectivity index (χ2v) is 4.78. The fourth-order valence-corrected chi connectivity index (χ4v) is 1.79. The van der Waals surface area contributed by atoms with E-state index in [1.54, 1.807) is 6.92 Å². The molecule has 1 rings (SSSR count). The van der Waals surface area contributed by atoms with Crippen molar-refractivity contribution in [3.05, 3.63) is 28.8 Å². The van der Waals surface area contributed by atoms with E-state index in [1.807, 2.05) is 0 Å². The highest BCUT2D eigenvalue weighted by atomic mass is 35.5. The average Bonchev–Trinajstić information content (AvgIpc) is 2.26. The van der Waals surface area contributed by atoms with Gasteiger partial charge in [-0.25, -0.2) is 0 Å². The largest absolute Gasteiger partial charge is 0.481 e. The summed E-state index contributed by atoms with van der Waals surface area (Å²) in [5, 5.41) is 14.1. The van der Waals surface area contributed by atoms with Crippen LogP contribution < -0.4 is 10.6 Å². The smallest absolute Gasteiger partial charge is 0.305 e. The van der Waals surface area contributed by atoms with E-state index in [-0.39, 0.29) is 23.6 Å². The third-order valence-corrected chi connectivity index (χ3v) is 2.63. The van der Waals surface area contributed by atoms with Crippen molar-refractivity contribution in [1.82, 2.24) is 5.32 Å². The maximum atomic E-state index is 12.1. The average molecular weight is 299 g/mol. The van der Waals surface area contributed by atoms with Gasteiger partial charge in [-0.15, -0.1) is 0 Å². The first-order chi connectivity index (χ1) is 9.29. The number of carboxylic acids is 1. The Morgan fingerprint density at radius 1 is 1.35 bits per heavy atom. The molecule has 20 heavy (non-hydrogen) atoms. The second kappa shape index (κ2) is 6.91. The quantitative estimate of drug-likeness (QED) is 0.773. The number of hydrogen-bond donors (Lipinski definition) is 3. The van der Waals surface area contributed by atoms with Gasteiger partial charge in [-0.3, -0.25) is 14.4 Å². The summed E-state index contributed by atoms with van der Waals surface area (Å²) in [4.78, 5) is 33.7. The lowest BCUT2D eigenvalue weighted by atomic mass is 10.1. The summed E-state index contributed by atoms with van der Waals surface area (Å²) in [6.07, 6.45) is -0.186. The van der Waals surface area contributed by atoms with E-state index in [0.717, 1.165) is 0 Å².